The highest BCUT2D eigenvalue weighted by atomic mass is 127. The van der Waals surface area contributed by atoms with Crippen molar-refractivity contribution in [3.05, 3.63) is 52.1 Å². The van der Waals surface area contributed by atoms with Crippen LogP contribution < -0.4 is 10.2 Å². The zero-order valence-corrected chi connectivity index (χ0v) is 21.7. The topological polar surface area (TPSA) is 104 Å². The van der Waals surface area contributed by atoms with E-state index in [4.69, 9.17) is 0 Å². The Morgan fingerprint density at radius 1 is 1.00 bits per heavy atom. The molecule has 1 heterocycles. The van der Waals surface area contributed by atoms with Crippen LogP contribution in [0.15, 0.2) is 53.4 Å². The third-order valence-electron chi connectivity index (χ3n) is 6.20. The molecule has 1 atom stereocenters. The molecule has 1 N–H and O–H groups in total. The van der Waals surface area contributed by atoms with Crippen LogP contribution >= 0.6 is 22.6 Å². The Kier molecular flexibility index (Phi) is 7.39. The van der Waals surface area contributed by atoms with Gasteiger partial charge in [0.25, 0.3) is 5.91 Å². The summed E-state index contributed by atoms with van der Waals surface area (Å²) in [7, 11) is -4.08. The molecule has 34 heavy (non-hydrogen) atoms. The van der Waals surface area contributed by atoms with Gasteiger partial charge in [-0.25, -0.2) is 13.3 Å². The van der Waals surface area contributed by atoms with Crippen LogP contribution in [0, 0.1) is 3.57 Å². The number of benzene rings is 2. The second kappa shape index (κ2) is 10.1. The first-order valence-electron chi connectivity index (χ1n) is 11.2. The first kappa shape index (κ1) is 24.8. The Balaban J connectivity index is 1.70. The predicted octanol–water partition coefficient (Wildman–Crippen LogP) is 3.91. The van der Waals surface area contributed by atoms with E-state index in [0.717, 1.165) is 27.7 Å². The summed E-state index contributed by atoms with van der Waals surface area (Å²) in [5, 5.41) is 2.62. The zero-order chi connectivity index (χ0) is 24.5. The van der Waals surface area contributed by atoms with Crippen molar-refractivity contribution < 1.29 is 22.8 Å². The average Bonchev–Trinajstić information content (AvgIpc) is 3.08. The molecule has 1 aliphatic carbocycles. The molecule has 180 valence electrons. The van der Waals surface area contributed by atoms with Gasteiger partial charge < -0.3 is 5.32 Å². The molecule has 1 saturated heterocycles. The Morgan fingerprint density at radius 2 is 1.62 bits per heavy atom. The van der Waals surface area contributed by atoms with E-state index in [-0.39, 0.29) is 23.3 Å². The number of hydrogen-bond acceptors (Lipinski definition) is 5. The average molecular weight is 595 g/mol. The molecule has 2 aromatic carbocycles. The molecule has 8 nitrogen and oxygen atoms in total. The molecule has 1 aliphatic heterocycles. The number of halogens is 1. The summed E-state index contributed by atoms with van der Waals surface area (Å²) in [6.45, 7) is 1.37. The van der Waals surface area contributed by atoms with E-state index in [0.29, 0.717) is 24.2 Å². The quantitative estimate of drug-likeness (QED) is 0.403. The number of rotatable bonds is 6. The molecule has 0 bridgehead atoms. The highest BCUT2D eigenvalue weighted by Gasteiger charge is 2.49. The minimum absolute atomic E-state index is 0.0279. The Morgan fingerprint density at radius 3 is 2.21 bits per heavy atom. The van der Waals surface area contributed by atoms with Crippen LogP contribution in [0.4, 0.5) is 11.4 Å². The Bertz CT molecular complexity index is 1190. The monoisotopic (exact) mass is 595 g/mol. The van der Waals surface area contributed by atoms with Crippen molar-refractivity contribution in [2.24, 2.45) is 0 Å². The standard InChI is InChI=1S/C24H26IN3O5S/c1-16(29)26-18-9-13-21(14-10-18)34(32,33)28(20-5-3-2-4-6-20)22-15-23(30)27(24(22)31)19-11-7-17(25)8-12-19/h7-14,20,22H,2-6,15H2,1H3,(H,26,29). The van der Waals surface area contributed by atoms with Gasteiger partial charge in [-0.05, 0) is 84.0 Å². The number of amides is 3. The van der Waals surface area contributed by atoms with Gasteiger partial charge in [-0.15, -0.1) is 0 Å². The van der Waals surface area contributed by atoms with Gasteiger partial charge in [-0.2, -0.15) is 4.31 Å². The van der Waals surface area contributed by atoms with Gasteiger partial charge in [-0.3, -0.25) is 14.4 Å². The van der Waals surface area contributed by atoms with Crippen LogP contribution in [-0.2, 0) is 24.4 Å². The number of carbonyl (C=O) groups is 3. The fraction of sp³-hybridized carbons (Fsp3) is 0.375. The summed E-state index contributed by atoms with van der Waals surface area (Å²) in [6.07, 6.45) is 3.85. The highest BCUT2D eigenvalue weighted by molar-refractivity contribution is 14.1. The van der Waals surface area contributed by atoms with Gasteiger partial charge in [0.1, 0.15) is 6.04 Å². The van der Waals surface area contributed by atoms with Crippen LogP contribution in [-0.4, -0.2) is 42.5 Å². The number of sulfonamides is 1. The van der Waals surface area contributed by atoms with Crippen molar-refractivity contribution in [2.75, 3.05) is 10.2 Å². The summed E-state index contributed by atoms with van der Waals surface area (Å²) in [5.41, 5.74) is 0.922. The fourth-order valence-corrected chi connectivity index (χ4v) is 6.85. The first-order valence-corrected chi connectivity index (χ1v) is 13.7. The summed E-state index contributed by atoms with van der Waals surface area (Å²) >= 11 is 2.14. The number of carbonyl (C=O) groups excluding carboxylic acids is 3. The van der Waals surface area contributed by atoms with Crippen LogP contribution in [0.25, 0.3) is 0 Å². The van der Waals surface area contributed by atoms with E-state index in [1.54, 1.807) is 24.3 Å². The van der Waals surface area contributed by atoms with Gasteiger partial charge in [0.15, 0.2) is 0 Å². The number of hydrogen-bond donors (Lipinski definition) is 1. The van der Waals surface area contributed by atoms with Gasteiger partial charge in [-0.1, -0.05) is 19.3 Å². The molecular weight excluding hydrogens is 569 g/mol. The maximum absolute atomic E-state index is 13.8. The van der Waals surface area contributed by atoms with Gasteiger partial charge in [0.05, 0.1) is 17.0 Å². The van der Waals surface area contributed by atoms with Crippen molar-refractivity contribution in [2.45, 2.75) is 62.4 Å². The summed E-state index contributed by atoms with van der Waals surface area (Å²) in [6, 6.07) is 11.4. The number of anilines is 2. The third kappa shape index (κ3) is 5.03. The summed E-state index contributed by atoms with van der Waals surface area (Å²) in [4.78, 5) is 38.8. The molecule has 4 rings (SSSR count). The smallest absolute Gasteiger partial charge is 0.252 e. The lowest BCUT2D eigenvalue weighted by Crippen LogP contribution is -2.51. The highest BCUT2D eigenvalue weighted by Crippen LogP contribution is 2.35. The molecule has 2 aliphatic rings. The molecule has 1 saturated carbocycles. The van der Waals surface area contributed by atoms with E-state index in [1.165, 1.54) is 35.5 Å². The fourth-order valence-electron chi connectivity index (χ4n) is 4.67. The maximum atomic E-state index is 13.8. The molecule has 2 fully saturated rings. The van der Waals surface area contributed by atoms with Gasteiger partial charge in [0.2, 0.25) is 21.8 Å². The summed E-state index contributed by atoms with van der Waals surface area (Å²) < 4.78 is 29.9. The molecular formula is C24H26IN3O5S. The molecule has 10 heteroatoms. The van der Waals surface area contributed by atoms with Crippen molar-refractivity contribution in [3.8, 4) is 0 Å². The molecule has 2 aromatic rings. The molecule has 0 radical (unpaired) electrons. The Labute approximate surface area is 212 Å². The van der Waals surface area contributed by atoms with E-state index in [2.05, 4.69) is 27.9 Å². The zero-order valence-electron chi connectivity index (χ0n) is 18.7. The minimum Gasteiger partial charge on any atom is -0.326 e. The lowest BCUT2D eigenvalue weighted by Gasteiger charge is -2.36. The Hall–Kier alpha value is -2.31. The van der Waals surface area contributed by atoms with E-state index in [1.807, 2.05) is 0 Å². The first-order chi connectivity index (χ1) is 16.2. The normalized spacial score (nSPS) is 19.6. The lowest BCUT2D eigenvalue weighted by molar-refractivity contribution is -0.122. The van der Waals surface area contributed by atoms with Crippen molar-refractivity contribution in [1.29, 1.82) is 0 Å². The van der Waals surface area contributed by atoms with Gasteiger partial charge >= 0.3 is 0 Å². The maximum Gasteiger partial charge on any atom is 0.252 e. The minimum atomic E-state index is -4.08. The lowest BCUT2D eigenvalue weighted by atomic mass is 9.94. The van der Waals surface area contributed by atoms with E-state index >= 15 is 0 Å². The van der Waals surface area contributed by atoms with Crippen molar-refractivity contribution in [3.63, 3.8) is 0 Å². The summed E-state index contributed by atoms with van der Waals surface area (Å²) in [5.74, 6) is -1.19. The molecule has 3 amide bonds. The van der Waals surface area contributed by atoms with Crippen molar-refractivity contribution in [1.82, 2.24) is 4.31 Å². The second-order valence-electron chi connectivity index (χ2n) is 8.60. The van der Waals surface area contributed by atoms with Crippen molar-refractivity contribution >= 4 is 61.7 Å². The van der Waals surface area contributed by atoms with Crippen LogP contribution in [0.5, 0.6) is 0 Å². The van der Waals surface area contributed by atoms with Crippen LogP contribution in [0.2, 0.25) is 0 Å². The molecule has 1 unspecified atom stereocenters. The molecule has 0 aromatic heterocycles. The number of imide groups is 1. The SMILES string of the molecule is CC(=O)Nc1ccc(S(=O)(=O)N(C2CCCCC2)C2CC(=O)N(c3ccc(I)cc3)C2=O)cc1. The largest absolute Gasteiger partial charge is 0.326 e. The van der Waals surface area contributed by atoms with Crippen LogP contribution in [0.3, 0.4) is 0 Å². The van der Waals surface area contributed by atoms with Gasteiger partial charge in [0, 0.05) is 22.2 Å². The number of nitrogens with one attached hydrogen (secondary N) is 1. The predicted molar refractivity (Wildman–Crippen MR) is 137 cm³/mol. The number of nitrogens with zero attached hydrogens (tertiary/aromatic N) is 2. The second-order valence-corrected chi connectivity index (χ2v) is 11.7. The third-order valence-corrected chi connectivity index (χ3v) is 8.89. The molecule has 0 spiro atoms. The van der Waals surface area contributed by atoms with E-state index < -0.39 is 27.9 Å². The van der Waals surface area contributed by atoms with Crippen LogP contribution in [0.1, 0.15) is 45.4 Å². The van der Waals surface area contributed by atoms with E-state index in [9.17, 15) is 22.8 Å².